The van der Waals surface area contributed by atoms with Crippen LogP contribution in [0, 0.1) is 0 Å². The number of ether oxygens (including phenoxy) is 2. The molecule has 4 heterocycles. The van der Waals surface area contributed by atoms with Gasteiger partial charge in [0.05, 0.1) is 19.8 Å². The van der Waals surface area contributed by atoms with Crippen molar-refractivity contribution < 1.29 is 13.9 Å². The van der Waals surface area contributed by atoms with E-state index in [9.17, 15) is 4.79 Å². The molecule has 0 bridgehead atoms. The van der Waals surface area contributed by atoms with Crippen LogP contribution < -0.4 is 15.0 Å². The summed E-state index contributed by atoms with van der Waals surface area (Å²) < 4.78 is 17.7. The van der Waals surface area contributed by atoms with Crippen molar-refractivity contribution in [2.24, 2.45) is 0 Å². The first-order chi connectivity index (χ1) is 15.7. The zero-order chi connectivity index (χ0) is 21.9. The number of unbranched alkanes of at least 4 members (excludes halogenated alkanes) is 1. The molecule has 32 heavy (non-hydrogen) atoms. The van der Waals surface area contributed by atoms with Crippen molar-refractivity contribution in [3.05, 3.63) is 64.1 Å². The Kier molecular flexibility index (Phi) is 5.81. The van der Waals surface area contributed by atoms with E-state index in [1.165, 1.54) is 17.0 Å². The number of hydrogen-bond acceptors (Lipinski definition) is 6. The van der Waals surface area contributed by atoms with Crippen LogP contribution in [0.1, 0.15) is 31.1 Å². The van der Waals surface area contributed by atoms with Crippen LogP contribution in [0.2, 0.25) is 0 Å². The molecule has 0 amide bonds. The number of hydrogen-bond donors (Lipinski definition) is 1. The molecule has 0 aliphatic carbocycles. The topological polar surface area (TPSA) is 80.6 Å². The minimum Gasteiger partial charge on any atom is -0.490 e. The summed E-state index contributed by atoms with van der Waals surface area (Å²) in [5, 5.41) is 2.07. The molecule has 7 nitrogen and oxygen atoms in total. The molecule has 1 aliphatic rings. The first-order valence-electron chi connectivity index (χ1n) is 11.2. The average Bonchev–Trinajstić information content (AvgIpc) is 3.17. The summed E-state index contributed by atoms with van der Waals surface area (Å²) in [6.07, 6.45) is 2.96. The quantitative estimate of drug-likeness (QED) is 0.418. The number of pyridine rings is 2. The smallest absolute Gasteiger partial charge is 0.249 e. The molecule has 0 saturated heterocycles. The minimum absolute atomic E-state index is 0.162. The van der Waals surface area contributed by atoms with Gasteiger partial charge < -0.3 is 18.9 Å². The second-order valence-electron chi connectivity index (χ2n) is 8.06. The Morgan fingerprint density at radius 2 is 2.03 bits per heavy atom. The van der Waals surface area contributed by atoms with Crippen molar-refractivity contribution in [1.82, 2.24) is 14.9 Å². The number of aromatic amines is 1. The molecule has 166 valence electrons. The number of H-pyrrole nitrogens is 1. The van der Waals surface area contributed by atoms with Crippen LogP contribution in [0.15, 0.2) is 51.7 Å². The van der Waals surface area contributed by atoms with Gasteiger partial charge in [0.1, 0.15) is 11.4 Å². The number of furan rings is 1. The number of rotatable bonds is 8. The third kappa shape index (κ3) is 4.21. The molecular formula is C25H27N3O4. The molecule has 7 heteroatoms. The highest BCUT2D eigenvalue weighted by Crippen LogP contribution is 2.35. The largest absolute Gasteiger partial charge is 0.490 e. The Labute approximate surface area is 186 Å². The number of benzene rings is 1. The summed E-state index contributed by atoms with van der Waals surface area (Å²) >= 11 is 0. The SMILES string of the molecule is CCOc1cccc2c3c(oc12)CN(CCCCOc1ccc2ccc(=O)[nH]c2n1)CC3. The van der Waals surface area contributed by atoms with Gasteiger partial charge in [-0.2, -0.15) is 4.98 Å². The summed E-state index contributed by atoms with van der Waals surface area (Å²) in [5.74, 6) is 2.42. The van der Waals surface area contributed by atoms with Gasteiger partial charge in [-0.25, -0.2) is 0 Å². The number of aromatic nitrogens is 2. The van der Waals surface area contributed by atoms with Gasteiger partial charge in [0.25, 0.3) is 0 Å². The van der Waals surface area contributed by atoms with Gasteiger partial charge in [-0.05, 0) is 50.9 Å². The predicted molar refractivity (Wildman–Crippen MR) is 123 cm³/mol. The molecule has 0 fully saturated rings. The van der Waals surface area contributed by atoms with E-state index in [0.29, 0.717) is 24.7 Å². The zero-order valence-corrected chi connectivity index (χ0v) is 18.2. The summed E-state index contributed by atoms with van der Waals surface area (Å²) in [4.78, 5) is 21.0. The Morgan fingerprint density at radius 1 is 1.12 bits per heavy atom. The lowest BCUT2D eigenvalue weighted by atomic mass is 10.0. The highest BCUT2D eigenvalue weighted by molar-refractivity contribution is 5.87. The lowest BCUT2D eigenvalue weighted by Gasteiger charge is -2.25. The van der Waals surface area contributed by atoms with E-state index in [1.54, 1.807) is 6.07 Å². The molecule has 5 rings (SSSR count). The molecule has 0 atom stereocenters. The fourth-order valence-corrected chi connectivity index (χ4v) is 4.31. The van der Waals surface area contributed by atoms with Crippen LogP contribution in [0.4, 0.5) is 0 Å². The molecule has 0 spiro atoms. The van der Waals surface area contributed by atoms with E-state index in [1.807, 2.05) is 31.2 Å². The van der Waals surface area contributed by atoms with Crippen LogP contribution in [0.3, 0.4) is 0 Å². The maximum atomic E-state index is 11.5. The van der Waals surface area contributed by atoms with E-state index >= 15 is 0 Å². The molecule has 4 aromatic rings. The summed E-state index contributed by atoms with van der Waals surface area (Å²) in [6.45, 7) is 6.07. The molecule has 1 aliphatic heterocycles. The van der Waals surface area contributed by atoms with Crippen LogP contribution in [-0.2, 0) is 13.0 Å². The molecular weight excluding hydrogens is 406 g/mol. The lowest BCUT2D eigenvalue weighted by molar-refractivity contribution is 0.216. The van der Waals surface area contributed by atoms with E-state index in [0.717, 1.165) is 61.4 Å². The zero-order valence-electron chi connectivity index (χ0n) is 18.2. The Hall–Kier alpha value is -3.32. The van der Waals surface area contributed by atoms with Crippen LogP contribution in [-0.4, -0.2) is 41.2 Å². The number of nitrogens with zero attached hydrogens (tertiary/aromatic N) is 2. The Bertz CT molecular complexity index is 1290. The van der Waals surface area contributed by atoms with Gasteiger partial charge in [-0.3, -0.25) is 9.69 Å². The maximum Gasteiger partial charge on any atom is 0.249 e. The molecule has 0 radical (unpaired) electrons. The second kappa shape index (κ2) is 9.04. The Morgan fingerprint density at radius 3 is 2.94 bits per heavy atom. The van der Waals surface area contributed by atoms with E-state index in [4.69, 9.17) is 13.9 Å². The van der Waals surface area contributed by atoms with Gasteiger partial charge in [-0.1, -0.05) is 12.1 Å². The number of fused-ring (bicyclic) bond motifs is 4. The normalized spacial score (nSPS) is 14.0. The van der Waals surface area contributed by atoms with Crippen LogP contribution in [0.5, 0.6) is 11.6 Å². The maximum absolute atomic E-state index is 11.5. The van der Waals surface area contributed by atoms with Crippen molar-refractivity contribution >= 4 is 22.0 Å². The van der Waals surface area contributed by atoms with E-state index in [2.05, 4.69) is 20.9 Å². The first-order valence-corrected chi connectivity index (χ1v) is 11.2. The van der Waals surface area contributed by atoms with E-state index < -0.39 is 0 Å². The third-order valence-corrected chi connectivity index (χ3v) is 5.89. The van der Waals surface area contributed by atoms with Crippen LogP contribution in [0.25, 0.3) is 22.0 Å². The van der Waals surface area contributed by atoms with Gasteiger partial charge in [0.15, 0.2) is 11.3 Å². The summed E-state index contributed by atoms with van der Waals surface area (Å²) in [5.41, 5.74) is 2.59. The average molecular weight is 434 g/mol. The monoisotopic (exact) mass is 433 g/mol. The Balaban J connectivity index is 1.13. The van der Waals surface area contributed by atoms with Gasteiger partial charge >= 0.3 is 0 Å². The summed E-state index contributed by atoms with van der Waals surface area (Å²) in [6, 6.07) is 13.1. The van der Waals surface area contributed by atoms with Gasteiger partial charge in [0.2, 0.25) is 11.4 Å². The fraction of sp³-hybridized carbons (Fsp3) is 0.360. The molecule has 3 aromatic heterocycles. The van der Waals surface area contributed by atoms with Crippen molar-refractivity contribution in [2.45, 2.75) is 32.7 Å². The van der Waals surface area contributed by atoms with Gasteiger partial charge in [-0.15, -0.1) is 0 Å². The lowest BCUT2D eigenvalue weighted by Crippen LogP contribution is -2.30. The standard InChI is InChI=1S/C25H27N3O4/c1-2-30-20-7-5-6-19-18-12-14-28(16-21(18)32-24(19)20)13-3-4-15-31-23-11-9-17-8-10-22(29)26-25(17)27-23/h5-11H,2-4,12-16H2,1H3,(H,26,27,29). The van der Waals surface area contributed by atoms with Crippen molar-refractivity contribution in [2.75, 3.05) is 26.3 Å². The molecule has 0 unspecified atom stereocenters. The van der Waals surface area contributed by atoms with Gasteiger partial charge in [0, 0.05) is 35.0 Å². The fourth-order valence-electron chi connectivity index (χ4n) is 4.31. The molecule has 1 N–H and O–H groups in total. The summed E-state index contributed by atoms with van der Waals surface area (Å²) in [7, 11) is 0. The van der Waals surface area contributed by atoms with Crippen molar-refractivity contribution in [3.8, 4) is 11.6 Å². The minimum atomic E-state index is -0.162. The molecule has 0 saturated carbocycles. The van der Waals surface area contributed by atoms with E-state index in [-0.39, 0.29) is 5.56 Å². The van der Waals surface area contributed by atoms with Crippen molar-refractivity contribution in [3.63, 3.8) is 0 Å². The number of nitrogens with one attached hydrogen (secondary N) is 1. The molecule has 1 aromatic carbocycles. The third-order valence-electron chi connectivity index (χ3n) is 5.89. The van der Waals surface area contributed by atoms with Crippen molar-refractivity contribution in [1.29, 1.82) is 0 Å². The predicted octanol–water partition coefficient (Wildman–Crippen LogP) is 4.29. The highest BCUT2D eigenvalue weighted by Gasteiger charge is 2.23. The van der Waals surface area contributed by atoms with Crippen LogP contribution >= 0.6 is 0 Å². The second-order valence-corrected chi connectivity index (χ2v) is 8.06. The highest BCUT2D eigenvalue weighted by atomic mass is 16.5. The number of para-hydroxylation sites is 1. The first kappa shape index (κ1) is 20.6.